The van der Waals surface area contributed by atoms with Gasteiger partial charge < -0.3 is 5.73 Å². The second-order valence-electron chi connectivity index (χ2n) is 2.33. The molecule has 0 amide bonds. The lowest BCUT2D eigenvalue weighted by Gasteiger charge is -2.08. The molecule has 0 bridgehead atoms. The van der Waals surface area contributed by atoms with Crippen molar-refractivity contribution in [1.29, 1.82) is 0 Å². The molecule has 0 spiro atoms. The summed E-state index contributed by atoms with van der Waals surface area (Å²) in [6.07, 6.45) is -2.47. The Morgan fingerprint density at radius 1 is 1.50 bits per heavy atom. The fourth-order valence-electron chi connectivity index (χ4n) is 0.840. The van der Waals surface area contributed by atoms with E-state index in [2.05, 4.69) is 0 Å². The van der Waals surface area contributed by atoms with Gasteiger partial charge in [0.05, 0.1) is 0 Å². The van der Waals surface area contributed by atoms with Gasteiger partial charge in [-0.1, -0.05) is 0 Å². The molecule has 2 N–H and O–H groups in total. The Hall–Kier alpha value is -0.190. The minimum atomic E-state index is -2.47. The summed E-state index contributed by atoms with van der Waals surface area (Å²) in [6.45, 7) is 1.79. The predicted molar refractivity (Wildman–Crippen MR) is 49.2 cm³/mol. The standard InChI is InChI=1S/C7H9F2NS.ClH/c1-4-2-3-11-6(4)5(10)7(8)9;/h2-3,5,7H,10H2,1H3;1H/t5-;/m0./s1. The lowest BCUT2D eigenvalue weighted by Crippen LogP contribution is -2.18. The van der Waals surface area contributed by atoms with Crippen molar-refractivity contribution in [3.05, 3.63) is 21.9 Å². The molecule has 0 unspecified atom stereocenters. The first-order valence-corrected chi connectivity index (χ1v) is 4.08. The van der Waals surface area contributed by atoms with Gasteiger partial charge in [0.15, 0.2) is 0 Å². The van der Waals surface area contributed by atoms with E-state index in [1.54, 1.807) is 18.4 Å². The quantitative estimate of drug-likeness (QED) is 0.803. The summed E-state index contributed by atoms with van der Waals surface area (Å²) in [5.74, 6) is 0. The molecule has 0 aliphatic heterocycles. The maximum Gasteiger partial charge on any atom is 0.258 e. The number of hydrogen-bond donors (Lipinski definition) is 1. The molecule has 1 nitrogen and oxygen atoms in total. The highest BCUT2D eigenvalue weighted by atomic mass is 35.5. The molecule has 1 rings (SSSR count). The molecule has 0 aliphatic carbocycles. The minimum absolute atomic E-state index is 0. The molecule has 0 fully saturated rings. The maximum atomic E-state index is 12.1. The molecule has 1 aromatic rings. The average Bonchev–Trinajstić information content (AvgIpc) is 2.33. The largest absolute Gasteiger partial charge is 0.319 e. The van der Waals surface area contributed by atoms with Crippen LogP contribution in [-0.4, -0.2) is 6.43 Å². The van der Waals surface area contributed by atoms with Gasteiger partial charge in [0.1, 0.15) is 6.04 Å². The highest BCUT2D eigenvalue weighted by molar-refractivity contribution is 7.10. The Bertz CT molecular complexity index is 239. The van der Waals surface area contributed by atoms with Gasteiger partial charge in [-0.25, -0.2) is 8.78 Å². The van der Waals surface area contributed by atoms with Gasteiger partial charge in [-0.3, -0.25) is 0 Å². The summed E-state index contributed by atoms with van der Waals surface area (Å²) in [5.41, 5.74) is 6.09. The van der Waals surface area contributed by atoms with Crippen molar-refractivity contribution in [2.24, 2.45) is 5.73 Å². The van der Waals surface area contributed by atoms with Crippen LogP contribution < -0.4 is 5.73 Å². The molecule has 0 radical (unpaired) electrons. The van der Waals surface area contributed by atoms with E-state index in [4.69, 9.17) is 5.73 Å². The lowest BCUT2D eigenvalue weighted by molar-refractivity contribution is 0.117. The van der Waals surface area contributed by atoms with Crippen LogP contribution in [0.25, 0.3) is 0 Å². The number of rotatable bonds is 2. The fourth-order valence-corrected chi connectivity index (χ4v) is 1.77. The number of alkyl halides is 2. The lowest BCUT2D eigenvalue weighted by atomic mass is 10.2. The fraction of sp³-hybridized carbons (Fsp3) is 0.429. The van der Waals surface area contributed by atoms with Crippen molar-refractivity contribution in [1.82, 2.24) is 0 Å². The Morgan fingerprint density at radius 3 is 2.42 bits per heavy atom. The number of thiophene rings is 1. The molecule has 0 saturated heterocycles. The van der Waals surface area contributed by atoms with E-state index < -0.39 is 12.5 Å². The second-order valence-corrected chi connectivity index (χ2v) is 3.28. The Balaban J connectivity index is 0.00000121. The molecular weight excluding hydrogens is 204 g/mol. The zero-order chi connectivity index (χ0) is 8.43. The van der Waals surface area contributed by atoms with Crippen LogP contribution in [0.1, 0.15) is 16.5 Å². The zero-order valence-electron chi connectivity index (χ0n) is 6.46. The molecular formula is C7H10ClF2NS. The van der Waals surface area contributed by atoms with Gasteiger partial charge in [-0.05, 0) is 23.9 Å². The average molecular weight is 214 g/mol. The zero-order valence-corrected chi connectivity index (χ0v) is 8.09. The third-order valence-corrected chi connectivity index (χ3v) is 2.60. The van der Waals surface area contributed by atoms with E-state index in [1.807, 2.05) is 0 Å². The highest BCUT2D eigenvalue weighted by Crippen LogP contribution is 2.26. The van der Waals surface area contributed by atoms with Crippen LogP contribution in [0.4, 0.5) is 8.78 Å². The molecule has 0 saturated carbocycles. The van der Waals surface area contributed by atoms with Crippen molar-refractivity contribution in [3.8, 4) is 0 Å². The molecule has 1 atom stereocenters. The Morgan fingerprint density at radius 2 is 2.08 bits per heavy atom. The minimum Gasteiger partial charge on any atom is -0.319 e. The SMILES string of the molecule is Cc1ccsc1[C@H](N)C(F)F.Cl. The molecule has 0 aromatic carbocycles. The predicted octanol–water partition coefficient (Wildman–Crippen LogP) is 2.74. The summed E-state index contributed by atoms with van der Waals surface area (Å²) < 4.78 is 24.1. The van der Waals surface area contributed by atoms with Crippen LogP contribution in [0, 0.1) is 6.92 Å². The monoisotopic (exact) mass is 213 g/mol. The molecule has 0 aliphatic rings. The van der Waals surface area contributed by atoms with Gasteiger partial charge in [-0.2, -0.15) is 0 Å². The van der Waals surface area contributed by atoms with E-state index in [1.165, 1.54) is 11.3 Å². The first-order chi connectivity index (χ1) is 5.13. The van der Waals surface area contributed by atoms with Crippen LogP contribution in [0.2, 0.25) is 0 Å². The van der Waals surface area contributed by atoms with Crippen LogP contribution in [0.5, 0.6) is 0 Å². The van der Waals surface area contributed by atoms with E-state index in [9.17, 15) is 8.78 Å². The first-order valence-electron chi connectivity index (χ1n) is 3.20. The summed E-state index contributed by atoms with van der Waals surface area (Å²) in [7, 11) is 0. The van der Waals surface area contributed by atoms with Gasteiger partial charge >= 0.3 is 0 Å². The van der Waals surface area contributed by atoms with E-state index in [0.29, 0.717) is 4.88 Å². The van der Waals surface area contributed by atoms with Crippen molar-refractivity contribution in [2.45, 2.75) is 19.4 Å². The van der Waals surface area contributed by atoms with E-state index in [-0.39, 0.29) is 12.4 Å². The maximum absolute atomic E-state index is 12.1. The molecule has 12 heavy (non-hydrogen) atoms. The number of halogens is 3. The normalized spacial score (nSPS) is 12.8. The number of aryl methyl sites for hydroxylation is 1. The summed E-state index contributed by atoms with van der Waals surface area (Å²) in [5, 5.41) is 1.77. The Kier molecular flexibility index (Phi) is 4.67. The molecule has 70 valence electrons. The van der Waals surface area contributed by atoms with Crippen LogP contribution in [-0.2, 0) is 0 Å². The van der Waals surface area contributed by atoms with Gasteiger partial charge in [0, 0.05) is 4.88 Å². The third kappa shape index (κ3) is 2.40. The van der Waals surface area contributed by atoms with Crippen LogP contribution in [0.15, 0.2) is 11.4 Å². The second kappa shape index (κ2) is 4.74. The number of nitrogens with two attached hydrogens (primary N) is 1. The first kappa shape index (κ1) is 11.8. The topological polar surface area (TPSA) is 26.0 Å². The third-order valence-electron chi connectivity index (χ3n) is 1.48. The Labute approximate surface area is 80.0 Å². The smallest absolute Gasteiger partial charge is 0.258 e. The summed E-state index contributed by atoms with van der Waals surface area (Å²) in [6, 6.07) is 0.678. The number of hydrogen-bond acceptors (Lipinski definition) is 2. The summed E-state index contributed by atoms with van der Waals surface area (Å²) in [4.78, 5) is 0.583. The van der Waals surface area contributed by atoms with Crippen LogP contribution >= 0.6 is 23.7 Å². The molecule has 5 heteroatoms. The van der Waals surface area contributed by atoms with Gasteiger partial charge in [0.2, 0.25) is 0 Å². The van der Waals surface area contributed by atoms with Crippen molar-refractivity contribution < 1.29 is 8.78 Å². The van der Waals surface area contributed by atoms with Gasteiger partial charge in [0.25, 0.3) is 6.43 Å². The molecule has 1 heterocycles. The van der Waals surface area contributed by atoms with Crippen molar-refractivity contribution in [2.75, 3.05) is 0 Å². The highest BCUT2D eigenvalue weighted by Gasteiger charge is 2.19. The van der Waals surface area contributed by atoms with Crippen molar-refractivity contribution in [3.63, 3.8) is 0 Å². The van der Waals surface area contributed by atoms with E-state index >= 15 is 0 Å². The van der Waals surface area contributed by atoms with Gasteiger partial charge in [-0.15, -0.1) is 23.7 Å². The van der Waals surface area contributed by atoms with Crippen LogP contribution in [0.3, 0.4) is 0 Å². The molecule has 1 aromatic heterocycles. The summed E-state index contributed by atoms with van der Waals surface area (Å²) >= 11 is 1.28. The van der Waals surface area contributed by atoms with Crippen molar-refractivity contribution >= 4 is 23.7 Å². The van der Waals surface area contributed by atoms with E-state index in [0.717, 1.165) is 5.56 Å².